The average molecular weight is 536 g/mol. The molecule has 1 N–H and O–H groups in total. The first-order valence-electron chi connectivity index (χ1n) is 12.1. The molecule has 0 bridgehead atoms. The maximum absolute atomic E-state index is 15.2. The monoisotopic (exact) mass is 535 g/mol. The molecule has 3 aromatic carbocycles. The summed E-state index contributed by atoms with van der Waals surface area (Å²) in [4.78, 5) is 30.5. The van der Waals surface area contributed by atoms with Gasteiger partial charge < -0.3 is 14.9 Å². The molecular weight excluding hydrogens is 512 g/mol. The van der Waals surface area contributed by atoms with E-state index in [0.717, 1.165) is 17.7 Å². The summed E-state index contributed by atoms with van der Waals surface area (Å²) >= 11 is 6.07. The molecule has 2 aliphatic rings. The molecule has 2 fully saturated rings. The molecule has 0 saturated carbocycles. The van der Waals surface area contributed by atoms with Crippen LogP contribution in [0.3, 0.4) is 0 Å². The van der Waals surface area contributed by atoms with Crippen LogP contribution in [0.2, 0.25) is 5.02 Å². The van der Waals surface area contributed by atoms with Crippen LogP contribution in [0.4, 0.5) is 19.3 Å². The van der Waals surface area contributed by atoms with Crippen molar-refractivity contribution in [3.05, 3.63) is 100 Å². The van der Waals surface area contributed by atoms with E-state index in [4.69, 9.17) is 11.6 Å². The smallest absolute Gasteiger partial charge is 0.327 e. The van der Waals surface area contributed by atoms with E-state index < -0.39 is 35.1 Å². The first kappa shape index (κ1) is 25.7. The summed E-state index contributed by atoms with van der Waals surface area (Å²) < 4.78 is 30.4. The van der Waals surface area contributed by atoms with Crippen molar-refractivity contribution in [1.82, 2.24) is 9.80 Å². The van der Waals surface area contributed by atoms with Crippen LogP contribution in [0.25, 0.3) is 0 Å². The predicted molar refractivity (Wildman–Crippen MR) is 139 cm³/mol. The number of halogens is 3. The zero-order valence-corrected chi connectivity index (χ0v) is 21.3. The van der Waals surface area contributed by atoms with E-state index in [1.807, 2.05) is 12.1 Å². The number of hydrogen-bond donors (Lipinski definition) is 1. The van der Waals surface area contributed by atoms with Gasteiger partial charge in [0.05, 0.1) is 0 Å². The fourth-order valence-corrected chi connectivity index (χ4v) is 5.23. The lowest BCUT2D eigenvalue weighted by Crippen LogP contribution is -2.73. The van der Waals surface area contributed by atoms with Crippen molar-refractivity contribution >= 4 is 29.2 Å². The van der Waals surface area contributed by atoms with Gasteiger partial charge in [0.15, 0.2) is 11.6 Å². The normalized spacial score (nSPS) is 21.2. The number of carbonyl (C=O) groups excluding carboxylic acids is 2. The van der Waals surface area contributed by atoms with Crippen LogP contribution in [0.1, 0.15) is 30.0 Å². The lowest BCUT2D eigenvalue weighted by Gasteiger charge is -2.53. The summed E-state index contributed by atoms with van der Waals surface area (Å²) in [7, 11) is 0. The van der Waals surface area contributed by atoms with Crippen LogP contribution in [0.15, 0.2) is 66.7 Å². The average Bonchev–Trinajstić information content (AvgIpc) is 2.87. The number of benzene rings is 3. The largest absolute Gasteiger partial charge is 0.373 e. The van der Waals surface area contributed by atoms with Crippen molar-refractivity contribution < 1.29 is 23.5 Å². The number of hydrogen-bond acceptors (Lipinski definition) is 3. The van der Waals surface area contributed by atoms with Gasteiger partial charge in [0.25, 0.3) is 0 Å². The Hall–Kier alpha value is -3.93. The first-order chi connectivity index (χ1) is 18.2. The molecule has 2 saturated heterocycles. The molecule has 2 heterocycles. The lowest BCUT2D eigenvalue weighted by molar-refractivity contribution is -0.152. The van der Waals surface area contributed by atoms with E-state index in [-0.39, 0.29) is 37.5 Å². The van der Waals surface area contributed by atoms with Gasteiger partial charge in [-0.25, -0.2) is 13.6 Å². The maximum atomic E-state index is 15.2. The van der Waals surface area contributed by atoms with Crippen molar-refractivity contribution in [2.75, 3.05) is 18.0 Å². The Balaban J connectivity index is 1.39. The molecule has 2 unspecified atom stereocenters. The summed E-state index contributed by atoms with van der Waals surface area (Å²) in [5.74, 6) is 3.11. The fourth-order valence-electron chi connectivity index (χ4n) is 5.02. The molecule has 3 aromatic rings. The SMILES string of the molecule is CC12CC(O)N(c3c(F)cc(C#Cc4ccccc4)cc3F)C(=O)N1CCN(Cc1cccc(Cl)c1)C2=O. The van der Waals surface area contributed by atoms with E-state index in [0.29, 0.717) is 15.5 Å². The highest BCUT2D eigenvalue weighted by atomic mass is 35.5. The van der Waals surface area contributed by atoms with Crippen LogP contribution in [0, 0.1) is 23.5 Å². The predicted octanol–water partition coefficient (Wildman–Crippen LogP) is 4.77. The number of piperazine rings is 1. The van der Waals surface area contributed by atoms with Crippen LogP contribution in [-0.4, -0.2) is 51.7 Å². The van der Waals surface area contributed by atoms with E-state index in [1.165, 1.54) is 4.90 Å². The molecule has 38 heavy (non-hydrogen) atoms. The van der Waals surface area contributed by atoms with Crippen molar-refractivity contribution in [2.45, 2.75) is 31.7 Å². The minimum Gasteiger partial charge on any atom is -0.373 e. The van der Waals surface area contributed by atoms with E-state index in [1.54, 1.807) is 54.3 Å². The molecule has 0 aromatic heterocycles. The number of nitrogens with zero attached hydrogens (tertiary/aromatic N) is 3. The number of anilines is 1. The highest BCUT2D eigenvalue weighted by molar-refractivity contribution is 6.30. The Labute approximate surface area is 224 Å². The van der Waals surface area contributed by atoms with Gasteiger partial charge in [0.2, 0.25) is 5.91 Å². The summed E-state index contributed by atoms with van der Waals surface area (Å²) in [5.41, 5.74) is -0.466. The lowest BCUT2D eigenvalue weighted by atomic mass is 9.87. The third-order valence-electron chi connectivity index (χ3n) is 6.90. The number of fused-ring (bicyclic) bond motifs is 1. The number of amides is 3. The second-order valence-corrected chi connectivity index (χ2v) is 9.96. The number of carbonyl (C=O) groups is 2. The Morgan fingerprint density at radius 2 is 1.66 bits per heavy atom. The van der Waals surface area contributed by atoms with Gasteiger partial charge >= 0.3 is 6.03 Å². The third-order valence-corrected chi connectivity index (χ3v) is 7.13. The summed E-state index contributed by atoms with van der Waals surface area (Å²) in [5, 5.41) is 11.5. The molecule has 6 nitrogen and oxygen atoms in total. The van der Waals surface area contributed by atoms with Gasteiger partial charge in [0.1, 0.15) is 17.5 Å². The molecule has 2 aliphatic heterocycles. The van der Waals surface area contributed by atoms with Crippen molar-refractivity contribution in [3.63, 3.8) is 0 Å². The highest BCUT2D eigenvalue weighted by Gasteiger charge is 2.55. The minimum atomic E-state index is -1.62. The molecule has 0 spiro atoms. The zero-order valence-electron chi connectivity index (χ0n) is 20.5. The van der Waals surface area contributed by atoms with Crippen LogP contribution in [0.5, 0.6) is 0 Å². The Kier molecular flexibility index (Phi) is 6.82. The van der Waals surface area contributed by atoms with Crippen molar-refractivity contribution in [1.29, 1.82) is 0 Å². The molecule has 3 amide bonds. The zero-order chi connectivity index (χ0) is 27.0. The number of urea groups is 1. The summed E-state index contributed by atoms with van der Waals surface area (Å²) in [6.45, 7) is 2.20. The van der Waals surface area contributed by atoms with Gasteiger partial charge in [0, 0.05) is 42.2 Å². The van der Waals surface area contributed by atoms with Gasteiger partial charge in [-0.2, -0.15) is 0 Å². The second kappa shape index (κ2) is 10.1. The molecule has 194 valence electrons. The second-order valence-electron chi connectivity index (χ2n) is 9.52. The maximum Gasteiger partial charge on any atom is 0.327 e. The van der Waals surface area contributed by atoms with Crippen molar-refractivity contribution in [2.24, 2.45) is 0 Å². The van der Waals surface area contributed by atoms with Gasteiger partial charge in [-0.15, -0.1) is 0 Å². The summed E-state index contributed by atoms with van der Waals surface area (Å²) in [6, 6.07) is 17.3. The van der Waals surface area contributed by atoms with E-state index in [2.05, 4.69) is 11.8 Å². The highest BCUT2D eigenvalue weighted by Crippen LogP contribution is 2.39. The number of aliphatic hydroxyl groups excluding tert-OH is 1. The first-order valence-corrected chi connectivity index (χ1v) is 12.4. The third kappa shape index (κ3) is 4.71. The summed E-state index contributed by atoms with van der Waals surface area (Å²) in [6.07, 6.45) is -1.85. The van der Waals surface area contributed by atoms with E-state index >= 15 is 8.78 Å². The Morgan fingerprint density at radius 1 is 0.974 bits per heavy atom. The molecule has 9 heteroatoms. The Bertz CT molecular complexity index is 1450. The topological polar surface area (TPSA) is 64.1 Å². The fraction of sp³-hybridized carbons (Fsp3) is 0.241. The molecule has 0 radical (unpaired) electrons. The van der Waals surface area contributed by atoms with Crippen LogP contribution in [-0.2, 0) is 11.3 Å². The van der Waals surface area contributed by atoms with Gasteiger partial charge in [-0.1, -0.05) is 53.8 Å². The van der Waals surface area contributed by atoms with Crippen molar-refractivity contribution in [3.8, 4) is 11.8 Å². The number of rotatable bonds is 3. The molecule has 0 aliphatic carbocycles. The van der Waals surface area contributed by atoms with Crippen LogP contribution < -0.4 is 4.90 Å². The molecule has 5 rings (SSSR count). The minimum absolute atomic E-state index is 0.0844. The number of aliphatic hydroxyl groups is 1. The van der Waals surface area contributed by atoms with Crippen LogP contribution >= 0.6 is 11.6 Å². The van der Waals surface area contributed by atoms with E-state index in [9.17, 15) is 14.7 Å². The molecule has 2 atom stereocenters. The standard InChI is InChI=1S/C29H24ClF2N3O3/c1-29-17-25(36)35(26-23(31)15-20(16-24(26)32)11-10-19-6-3-2-4-7-19)28(38)34(29)13-12-33(27(29)37)18-21-8-5-9-22(30)14-21/h2-9,14-16,25,36H,12-13,17-18H2,1H3. The Morgan fingerprint density at radius 3 is 2.34 bits per heavy atom. The van der Waals surface area contributed by atoms with Gasteiger partial charge in [-0.3, -0.25) is 9.69 Å². The molecular formula is C29H24ClF2N3O3. The quantitative estimate of drug-likeness (QED) is 0.491. The van der Waals surface area contributed by atoms with Gasteiger partial charge in [-0.05, 0) is 48.9 Å².